The van der Waals surface area contributed by atoms with E-state index < -0.39 is 19.2 Å². The van der Waals surface area contributed by atoms with E-state index in [0.717, 1.165) is 17.5 Å². The Morgan fingerprint density at radius 1 is 0.857 bits per heavy atom. The highest BCUT2D eigenvalue weighted by Crippen LogP contribution is 2.37. The fourth-order valence-electron chi connectivity index (χ4n) is 4.05. The summed E-state index contributed by atoms with van der Waals surface area (Å²) in [5.74, 6) is 0. The summed E-state index contributed by atoms with van der Waals surface area (Å²) in [5.41, 5.74) is 2.54. The minimum Gasteiger partial charge on any atom is -0.445 e. The van der Waals surface area contributed by atoms with Crippen molar-refractivity contribution in [1.29, 1.82) is 0 Å². The van der Waals surface area contributed by atoms with Crippen molar-refractivity contribution in [2.24, 2.45) is 0 Å². The van der Waals surface area contributed by atoms with Gasteiger partial charge < -0.3 is 19.8 Å². The van der Waals surface area contributed by atoms with Gasteiger partial charge in [-0.2, -0.15) is 0 Å². The fourth-order valence-corrected chi connectivity index (χ4v) is 4.84. The van der Waals surface area contributed by atoms with Crippen LogP contribution in [0, 0.1) is 0 Å². The number of ether oxygens (including phenoxy) is 1. The number of aryl methyl sites for hydroxylation is 2. The van der Waals surface area contributed by atoms with Crippen LogP contribution in [0.2, 0.25) is 0 Å². The first kappa shape index (κ1) is 29.1. The van der Waals surface area contributed by atoms with Crippen molar-refractivity contribution in [3.63, 3.8) is 0 Å². The van der Waals surface area contributed by atoms with E-state index in [9.17, 15) is 19.1 Å². The molecule has 2 aromatic carbocycles. The minimum atomic E-state index is -4.18. The average Bonchev–Trinajstić information content (AvgIpc) is 2.83. The summed E-state index contributed by atoms with van der Waals surface area (Å²) in [6, 6.07) is 17.9. The van der Waals surface area contributed by atoms with E-state index in [1.54, 1.807) is 0 Å². The molecule has 0 aliphatic carbocycles. The Balaban J connectivity index is 1.87. The molecule has 194 valence electrons. The van der Waals surface area contributed by atoms with Crippen LogP contribution in [-0.2, 0) is 28.8 Å². The molecule has 1 atom stereocenters. The second-order valence-electron chi connectivity index (χ2n) is 9.72. The highest BCUT2D eigenvalue weighted by molar-refractivity contribution is 7.51. The molecule has 0 aliphatic rings. The van der Waals surface area contributed by atoms with Crippen LogP contribution in [-0.4, -0.2) is 27.6 Å². The SMILES string of the molecule is CCCCCCCCc1ccc(CCC(C)(CCP(=O)(O)O)NC(=O)OCc2ccccc2)cc1. The van der Waals surface area contributed by atoms with E-state index in [4.69, 9.17) is 4.74 Å². The third kappa shape index (κ3) is 12.9. The lowest BCUT2D eigenvalue weighted by Crippen LogP contribution is -2.47. The van der Waals surface area contributed by atoms with Gasteiger partial charge in [0.2, 0.25) is 0 Å². The van der Waals surface area contributed by atoms with E-state index in [0.29, 0.717) is 12.8 Å². The van der Waals surface area contributed by atoms with Gasteiger partial charge in [-0.25, -0.2) is 4.79 Å². The number of nitrogens with one attached hydrogen (secondary N) is 1. The quantitative estimate of drug-likeness (QED) is 0.173. The summed E-state index contributed by atoms with van der Waals surface area (Å²) in [7, 11) is -4.18. The number of hydrogen-bond donors (Lipinski definition) is 3. The Kier molecular flexibility index (Phi) is 12.5. The van der Waals surface area contributed by atoms with Crippen LogP contribution in [0.3, 0.4) is 0 Å². The summed E-state index contributed by atoms with van der Waals surface area (Å²) in [5, 5.41) is 2.86. The zero-order chi connectivity index (χ0) is 25.6. The highest BCUT2D eigenvalue weighted by Gasteiger charge is 2.30. The molecule has 1 unspecified atom stereocenters. The van der Waals surface area contributed by atoms with Gasteiger partial charge in [0.05, 0.1) is 6.16 Å². The van der Waals surface area contributed by atoms with Crippen LogP contribution in [0.4, 0.5) is 4.79 Å². The molecule has 0 saturated heterocycles. The summed E-state index contributed by atoms with van der Waals surface area (Å²) >= 11 is 0. The Bertz CT molecular complexity index is 913. The van der Waals surface area contributed by atoms with Gasteiger partial charge in [0.25, 0.3) is 0 Å². The van der Waals surface area contributed by atoms with E-state index in [-0.39, 0.29) is 19.2 Å². The molecule has 0 fully saturated rings. The van der Waals surface area contributed by atoms with Crippen LogP contribution >= 0.6 is 7.60 Å². The topological polar surface area (TPSA) is 95.9 Å². The molecule has 0 heterocycles. The molecule has 3 N–H and O–H groups in total. The summed E-state index contributed by atoms with van der Waals surface area (Å²) in [6.45, 7) is 4.19. The zero-order valence-electron chi connectivity index (χ0n) is 21.2. The molecule has 1 amide bonds. The van der Waals surface area contributed by atoms with Gasteiger partial charge >= 0.3 is 13.7 Å². The number of benzene rings is 2. The third-order valence-electron chi connectivity index (χ3n) is 6.38. The summed E-state index contributed by atoms with van der Waals surface area (Å²) in [4.78, 5) is 31.2. The number of amides is 1. The number of unbranched alkanes of at least 4 members (excludes halogenated alkanes) is 5. The normalized spacial score (nSPS) is 13.3. The average molecular weight is 504 g/mol. The number of rotatable bonds is 16. The van der Waals surface area contributed by atoms with Crippen molar-refractivity contribution in [3.8, 4) is 0 Å². The Morgan fingerprint density at radius 3 is 2.09 bits per heavy atom. The largest absolute Gasteiger partial charge is 0.445 e. The number of carbonyl (C=O) groups is 1. The van der Waals surface area contributed by atoms with E-state index in [2.05, 4.69) is 36.5 Å². The van der Waals surface area contributed by atoms with Crippen LogP contribution in [0.25, 0.3) is 0 Å². The maximum Gasteiger partial charge on any atom is 0.407 e. The maximum atomic E-state index is 12.5. The third-order valence-corrected chi connectivity index (χ3v) is 7.19. The number of hydrogen-bond acceptors (Lipinski definition) is 3. The number of carbonyl (C=O) groups excluding carboxylic acids is 1. The molecular formula is C28H42NO5P. The van der Waals surface area contributed by atoms with Gasteiger partial charge in [-0.15, -0.1) is 0 Å². The lowest BCUT2D eigenvalue weighted by atomic mass is 9.90. The molecule has 0 saturated carbocycles. The fraction of sp³-hybridized carbons (Fsp3) is 0.536. The molecule has 2 rings (SSSR count). The Labute approximate surface area is 210 Å². The molecule has 0 radical (unpaired) electrons. The molecule has 35 heavy (non-hydrogen) atoms. The molecule has 7 heteroatoms. The Hall–Kier alpha value is -2.14. The minimum absolute atomic E-state index is 0.140. The number of alkyl carbamates (subject to hydrolysis) is 1. The molecule has 0 spiro atoms. The predicted molar refractivity (Wildman–Crippen MR) is 142 cm³/mol. The van der Waals surface area contributed by atoms with E-state index in [1.807, 2.05) is 37.3 Å². The predicted octanol–water partition coefficient (Wildman–Crippen LogP) is 6.78. The molecular weight excluding hydrogens is 461 g/mol. The van der Waals surface area contributed by atoms with Crippen molar-refractivity contribution in [3.05, 3.63) is 71.3 Å². The van der Waals surface area contributed by atoms with Gasteiger partial charge in [0, 0.05) is 5.54 Å². The lowest BCUT2D eigenvalue weighted by Gasteiger charge is -2.31. The molecule has 0 bridgehead atoms. The molecule has 2 aromatic rings. The van der Waals surface area contributed by atoms with E-state index >= 15 is 0 Å². The maximum absolute atomic E-state index is 12.5. The van der Waals surface area contributed by atoms with Gasteiger partial charge in [-0.05, 0) is 55.7 Å². The van der Waals surface area contributed by atoms with Crippen LogP contribution in [0.15, 0.2) is 54.6 Å². The second kappa shape index (κ2) is 15.1. The Morgan fingerprint density at radius 2 is 1.46 bits per heavy atom. The second-order valence-corrected chi connectivity index (χ2v) is 11.5. The first-order valence-corrected chi connectivity index (χ1v) is 14.6. The summed E-state index contributed by atoms with van der Waals surface area (Å²) in [6.07, 6.45) is 9.29. The van der Waals surface area contributed by atoms with Crippen LogP contribution in [0.5, 0.6) is 0 Å². The zero-order valence-corrected chi connectivity index (χ0v) is 22.1. The molecule has 0 aliphatic heterocycles. The lowest BCUT2D eigenvalue weighted by molar-refractivity contribution is 0.125. The smallest absolute Gasteiger partial charge is 0.407 e. The van der Waals surface area contributed by atoms with Crippen molar-refractivity contribution in [1.82, 2.24) is 5.32 Å². The first-order valence-electron chi connectivity index (χ1n) is 12.8. The van der Waals surface area contributed by atoms with Crippen LogP contribution < -0.4 is 5.32 Å². The molecule has 0 aromatic heterocycles. The monoisotopic (exact) mass is 503 g/mol. The van der Waals surface area contributed by atoms with Gasteiger partial charge in [0.1, 0.15) is 6.61 Å². The van der Waals surface area contributed by atoms with Crippen molar-refractivity contribution >= 4 is 13.7 Å². The van der Waals surface area contributed by atoms with Gasteiger partial charge in [-0.3, -0.25) is 4.57 Å². The van der Waals surface area contributed by atoms with E-state index in [1.165, 1.54) is 44.1 Å². The first-order chi connectivity index (χ1) is 16.7. The van der Waals surface area contributed by atoms with Crippen molar-refractivity contribution in [2.75, 3.05) is 6.16 Å². The highest BCUT2D eigenvalue weighted by atomic mass is 31.2. The summed E-state index contributed by atoms with van der Waals surface area (Å²) < 4.78 is 16.8. The standard InChI is InChI=1S/C28H42NO5P/c1-3-4-5-6-7-9-12-24-15-17-25(18-16-24)19-20-28(2,21-22-35(31,32)33)29-27(30)34-23-26-13-10-8-11-14-26/h8,10-11,13-18H,3-7,9,12,19-23H2,1-2H3,(H,29,30)(H2,31,32,33). The molecule has 6 nitrogen and oxygen atoms in total. The van der Waals surface area contributed by atoms with Gasteiger partial charge in [0.15, 0.2) is 0 Å². The van der Waals surface area contributed by atoms with Crippen molar-refractivity contribution in [2.45, 2.75) is 90.2 Å². The van der Waals surface area contributed by atoms with Crippen molar-refractivity contribution < 1.29 is 23.9 Å². The van der Waals surface area contributed by atoms with Gasteiger partial charge in [-0.1, -0.05) is 93.6 Å². The van der Waals surface area contributed by atoms with Crippen LogP contribution in [0.1, 0.15) is 81.9 Å².